The molecule has 146 valence electrons. The van der Waals surface area contributed by atoms with Crippen LogP contribution in [0.3, 0.4) is 0 Å². The number of thiocarbonyl (C=S) groups is 1. The molecule has 8 heteroatoms. The molecule has 1 heterocycles. The van der Waals surface area contributed by atoms with Gasteiger partial charge >= 0.3 is 0 Å². The second kappa shape index (κ2) is 7.46. The van der Waals surface area contributed by atoms with Crippen LogP contribution < -0.4 is 15.5 Å². The lowest BCUT2D eigenvalue weighted by molar-refractivity contribution is -0.126. The van der Waals surface area contributed by atoms with E-state index in [2.05, 4.69) is 10.6 Å². The molecule has 1 amide bonds. The number of para-hydroxylation sites is 1. The number of carbonyl (C=O) groups excluding carboxylic acids is 1. The number of rotatable bonds is 3. The third-order valence-electron chi connectivity index (χ3n) is 5.33. The van der Waals surface area contributed by atoms with Crippen LogP contribution in [0.5, 0.6) is 0 Å². The number of hydrogen-bond donors (Lipinski definition) is 4. The maximum Gasteiger partial charge on any atom is 0.229 e. The van der Waals surface area contributed by atoms with Crippen molar-refractivity contribution in [3.8, 4) is 0 Å². The molecule has 2 aliphatic rings. The van der Waals surface area contributed by atoms with Gasteiger partial charge in [-0.1, -0.05) is 18.2 Å². The Morgan fingerprint density at radius 3 is 2.50 bits per heavy atom. The fourth-order valence-electron chi connectivity index (χ4n) is 4.00. The molecule has 6 nitrogen and oxygen atoms in total. The van der Waals surface area contributed by atoms with Gasteiger partial charge in [0.25, 0.3) is 0 Å². The molecule has 1 saturated carbocycles. The van der Waals surface area contributed by atoms with Crippen LogP contribution >= 0.6 is 12.2 Å². The average molecular weight is 401 g/mol. The zero-order chi connectivity index (χ0) is 19.8. The maximum atomic E-state index is 13.4. The molecule has 2 aromatic rings. The summed E-state index contributed by atoms with van der Waals surface area (Å²) in [6.45, 7) is 0. The van der Waals surface area contributed by atoms with Crippen molar-refractivity contribution in [3.63, 3.8) is 0 Å². The number of amides is 1. The van der Waals surface area contributed by atoms with Crippen LogP contribution in [0.2, 0.25) is 0 Å². The number of carbonyl (C=O) groups is 1. The Hall–Kier alpha value is -2.55. The molecule has 1 saturated heterocycles. The summed E-state index contributed by atoms with van der Waals surface area (Å²) >= 11 is 5.43. The molecular formula is C20H20FN3O3S. The lowest BCUT2D eigenvalue weighted by atomic mass is 9.77. The molecule has 28 heavy (non-hydrogen) atoms. The highest BCUT2D eigenvalue weighted by molar-refractivity contribution is 7.80. The van der Waals surface area contributed by atoms with Crippen molar-refractivity contribution in [1.29, 1.82) is 0 Å². The normalized spacial score (nSPS) is 29.2. The highest BCUT2D eigenvalue weighted by atomic mass is 32.1. The molecule has 5 atom stereocenters. The van der Waals surface area contributed by atoms with Gasteiger partial charge in [0, 0.05) is 11.4 Å². The van der Waals surface area contributed by atoms with Crippen LogP contribution in [-0.4, -0.2) is 45.5 Å². The molecule has 2 aromatic carbocycles. The van der Waals surface area contributed by atoms with Crippen LogP contribution in [0, 0.1) is 11.7 Å². The van der Waals surface area contributed by atoms with E-state index in [-0.39, 0.29) is 18.1 Å². The zero-order valence-corrected chi connectivity index (χ0v) is 15.6. The molecule has 4 N–H and O–H groups in total. The van der Waals surface area contributed by atoms with Gasteiger partial charge in [0.15, 0.2) is 5.11 Å². The predicted octanol–water partition coefficient (Wildman–Crippen LogP) is 1.64. The molecule has 1 aliphatic heterocycles. The van der Waals surface area contributed by atoms with Crippen LogP contribution in [0.25, 0.3) is 0 Å². The van der Waals surface area contributed by atoms with Crippen LogP contribution in [0.15, 0.2) is 54.6 Å². The number of halogens is 1. The van der Waals surface area contributed by atoms with E-state index >= 15 is 0 Å². The summed E-state index contributed by atoms with van der Waals surface area (Å²) in [5.41, 5.74) is 1.26. The minimum absolute atomic E-state index is 0.0863. The van der Waals surface area contributed by atoms with E-state index in [0.29, 0.717) is 16.5 Å². The molecular weight excluding hydrogens is 381 g/mol. The molecule has 0 radical (unpaired) electrons. The first-order valence-corrected chi connectivity index (χ1v) is 9.44. The number of nitrogens with one attached hydrogen (secondary N) is 2. The summed E-state index contributed by atoms with van der Waals surface area (Å²) in [6.07, 6.45) is -2.05. The van der Waals surface area contributed by atoms with Gasteiger partial charge in [-0.05, 0) is 55.0 Å². The summed E-state index contributed by atoms with van der Waals surface area (Å²) in [5, 5.41) is 27.0. The van der Waals surface area contributed by atoms with Crippen LogP contribution in [0.4, 0.5) is 15.8 Å². The summed E-state index contributed by atoms with van der Waals surface area (Å²) in [6, 6.07) is 13.7. The van der Waals surface area contributed by atoms with E-state index in [0.717, 1.165) is 0 Å². The van der Waals surface area contributed by atoms with Crippen molar-refractivity contribution >= 4 is 34.6 Å². The first-order chi connectivity index (χ1) is 13.5. The van der Waals surface area contributed by atoms with Crippen molar-refractivity contribution in [2.45, 2.75) is 30.7 Å². The summed E-state index contributed by atoms with van der Waals surface area (Å²) in [5.74, 6) is -1.29. The fraction of sp³-hybridized carbons (Fsp3) is 0.300. The van der Waals surface area contributed by atoms with Gasteiger partial charge in [0.05, 0.1) is 24.1 Å². The standard InChI is InChI=1S/C20H20FN3O3S/c21-11-6-8-13(9-7-11)24-17-14(19(27)22-12-4-2-1-3-5-12)10-15(25)18(26)16(17)23-20(24)28/h1-9,14-18,25-26H,10H2,(H,22,27)(H,23,28)/t14-,15+,16-,17+,18-/m0/s1. The Morgan fingerprint density at radius 2 is 1.82 bits per heavy atom. The van der Waals surface area contributed by atoms with Crippen LogP contribution in [0.1, 0.15) is 6.42 Å². The molecule has 0 bridgehead atoms. The highest BCUT2D eigenvalue weighted by Crippen LogP contribution is 2.37. The molecule has 0 spiro atoms. The second-order valence-corrected chi connectivity index (χ2v) is 7.45. The van der Waals surface area contributed by atoms with E-state index in [9.17, 15) is 19.4 Å². The topological polar surface area (TPSA) is 84.8 Å². The minimum Gasteiger partial charge on any atom is -0.390 e. The molecule has 2 fully saturated rings. The average Bonchev–Trinajstić information content (AvgIpc) is 3.03. The van der Waals surface area contributed by atoms with E-state index in [1.54, 1.807) is 29.2 Å². The molecule has 1 aliphatic carbocycles. The lowest BCUT2D eigenvalue weighted by Gasteiger charge is -2.41. The lowest BCUT2D eigenvalue weighted by Crippen LogP contribution is -2.60. The number of anilines is 2. The van der Waals surface area contributed by atoms with Crippen molar-refractivity contribution in [3.05, 3.63) is 60.4 Å². The summed E-state index contributed by atoms with van der Waals surface area (Å²) in [4.78, 5) is 14.8. The Balaban J connectivity index is 1.67. The monoisotopic (exact) mass is 401 g/mol. The Kier molecular flexibility index (Phi) is 5.01. The third-order valence-corrected chi connectivity index (χ3v) is 5.64. The largest absolute Gasteiger partial charge is 0.390 e. The van der Waals surface area contributed by atoms with Gasteiger partial charge in [-0.2, -0.15) is 0 Å². The summed E-state index contributed by atoms with van der Waals surface area (Å²) < 4.78 is 13.4. The number of nitrogens with zero attached hydrogens (tertiary/aromatic N) is 1. The Labute approximate surface area is 167 Å². The van der Waals surface area contributed by atoms with E-state index in [1.165, 1.54) is 12.1 Å². The Morgan fingerprint density at radius 1 is 1.14 bits per heavy atom. The molecule has 0 aromatic heterocycles. The van der Waals surface area contributed by atoms with Gasteiger partial charge in [0.2, 0.25) is 5.91 Å². The van der Waals surface area contributed by atoms with Gasteiger partial charge in [0.1, 0.15) is 11.9 Å². The van der Waals surface area contributed by atoms with Gasteiger partial charge < -0.3 is 25.7 Å². The minimum atomic E-state index is -1.07. The third kappa shape index (κ3) is 3.34. The number of aliphatic hydroxyl groups is 2. The van der Waals surface area contributed by atoms with Gasteiger partial charge in [-0.3, -0.25) is 4.79 Å². The van der Waals surface area contributed by atoms with Gasteiger partial charge in [-0.15, -0.1) is 0 Å². The van der Waals surface area contributed by atoms with E-state index < -0.39 is 30.2 Å². The van der Waals surface area contributed by atoms with E-state index in [4.69, 9.17) is 12.2 Å². The predicted molar refractivity (Wildman–Crippen MR) is 107 cm³/mol. The Bertz CT molecular complexity index is 880. The smallest absolute Gasteiger partial charge is 0.229 e. The van der Waals surface area contributed by atoms with Crippen molar-refractivity contribution < 1.29 is 19.4 Å². The molecule has 0 unspecified atom stereocenters. The zero-order valence-electron chi connectivity index (χ0n) is 14.8. The fourth-order valence-corrected chi connectivity index (χ4v) is 4.36. The number of benzene rings is 2. The van der Waals surface area contributed by atoms with Crippen molar-refractivity contribution in [2.75, 3.05) is 10.2 Å². The second-order valence-electron chi connectivity index (χ2n) is 7.07. The van der Waals surface area contributed by atoms with Crippen molar-refractivity contribution in [2.24, 2.45) is 5.92 Å². The molecule has 4 rings (SSSR count). The maximum absolute atomic E-state index is 13.4. The van der Waals surface area contributed by atoms with Crippen LogP contribution in [-0.2, 0) is 4.79 Å². The van der Waals surface area contributed by atoms with E-state index in [1.807, 2.05) is 18.2 Å². The van der Waals surface area contributed by atoms with Gasteiger partial charge in [-0.25, -0.2) is 4.39 Å². The quantitative estimate of drug-likeness (QED) is 0.585. The first-order valence-electron chi connectivity index (χ1n) is 9.03. The number of aliphatic hydroxyl groups excluding tert-OH is 2. The number of hydrogen-bond acceptors (Lipinski definition) is 4. The SMILES string of the molecule is O=C(Nc1ccccc1)[C@H]1C[C@@H](O)[C@H](O)[C@H]2NC(=S)N(c3ccc(F)cc3)[C@@H]21. The number of fused-ring (bicyclic) bond motifs is 1. The first kappa shape index (κ1) is 18.8. The highest BCUT2D eigenvalue weighted by Gasteiger charge is 2.53. The van der Waals surface area contributed by atoms with Crippen molar-refractivity contribution in [1.82, 2.24) is 5.32 Å². The summed E-state index contributed by atoms with van der Waals surface area (Å²) in [7, 11) is 0.